The highest BCUT2D eigenvalue weighted by molar-refractivity contribution is 6.43. The van der Waals surface area contributed by atoms with E-state index in [1.165, 1.54) is 16.7 Å². The van der Waals surface area contributed by atoms with Crippen LogP contribution in [0.3, 0.4) is 0 Å². The number of fused-ring (bicyclic) bond motifs is 1. The number of nitrogens with zero attached hydrogens (tertiary/aromatic N) is 1. The van der Waals surface area contributed by atoms with Crippen LogP contribution in [0.4, 0.5) is 0 Å². The molecule has 1 aliphatic rings. The highest BCUT2D eigenvalue weighted by Crippen LogP contribution is 2.41. The van der Waals surface area contributed by atoms with Gasteiger partial charge in [-0.1, -0.05) is 41.7 Å². The van der Waals surface area contributed by atoms with E-state index in [1.807, 2.05) is 0 Å². The molecule has 3 N–H and O–H groups in total. The molecule has 0 bridgehead atoms. The summed E-state index contributed by atoms with van der Waals surface area (Å²) in [5.41, 5.74) is 0.444. The van der Waals surface area contributed by atoms with Crippen molar-refractivity contribution in [1.29, 1.82) is 0 Å². The zero-order valence-corrected chi connectivity index (χ0v) is 16.9. The van der Waals surface area contributed by atoms with Crippen molar-refractivity contribution in [3.8, 4) is 0 Å². The second kappa shape index (κ2) is 8.28. The van der Waals surface area contributed by atoms with Gasteiger partial charge in [0.15, 0.2) is 18.3 Å². The quantitative estimate of drug-likeness (QED) is 0.584. The van der Waals surface area contributed by atoms with Gasteiger partial charge in [-0.3, -0.25) is 9.59 Å². The topological polar surface area (TPSA) is 109 Å². The Labute approximate surface area is 175 Å². The first-order valence-corrected chi connectivity index (χ1v) is 9.72. The summed E-state index contributed by atoms with van der Waals surface area (Å²) < 4.78 is 6.92. The van der Waals surface area contributed by atoms with E-state index >= 15 is 0 Å². The largest absolute Gasteiger partial charge is 0.387 e. The van der Waals surface area contributed by atoms with Crippen LogP contribution in [-0.4, -0.2) is 56.4 Å². The van der Waals surface area contributed by atoms with Crippen molar-refractivity contribution in [3.63, 3.8) is 0 Å². The number of benzene rings is 1. The molecule has 0 spiro atoms. The van der Waals surface area contributed by atoms with Gasteiger partial charge in [-0.15, -0.1) is 0 Å². The minimum absolute atomic E-state index is 0.0605. The number of carbonyl (C=O) groups excluding carboxylic acids is 2. The number of ether oxygens (including phenoxy) is 1. The van der Waals surface area contributed by atoms with Crippen molar-refractivity contribution in [3.05, 3.63) is 32.9 Å². The van der Waals surface area contributed by atoms with Gasteiger partial charge in [0.25, 0.3) is 0 Å². The highest BCUT2D eigenvalue weighted by Gasteiger charge is 2.49. The maximum atomic E-state index is 12.0. The zero-order valence-electron chi connectivity index (χ0n) is 14.7. The summed E-state index contributed by atoms with van der Waals surface area (Å²) in [5, 5.41) is 31.8. The van der Waals surface area contributed by atoms with Gasteiger partial charge in [-0.2, -0.15) is 0 Å². The highest BCUT2D eigenvalue weighted by atomic mass is 35.5. The number of hydrogen-bond donors (Lipinski definition) is 3. The molecule has 0 saturated carbocycles. The maximum Gasteiger partial charge on any atom is 0.164 e. The van der Waals surface area contributed by atoms with E-state index in [1.54, 1.807) is 6.92 Å². The van der Waals surface area contributed by atoms with Gasteiger partial charge < -0.3 is 24.6 Å². The van der Waals surface area contributed by atoms with E-state index in [0.717, 1.165) is 0 Å². The fraction of sp³-hybridized carbons (Fsp3) is 0.444. The summed E-state index contributed by atoms with van der Waals surface area (Å²) in [5.74, 6) is -0.508. The predicted molar refractivity (Wildman–Crippen MR) is 104 cm³/mol. The molecule has 3 rings (SSSR count). The van der Waals surface area contributed by atoms with Crippen LogP contribution in [0.5, 0.6) is 0 Å². The molecule has 1 unspecified atom stereocenters. The Morgan fingerprint density at radius 3 is 2.50 bits per heavy atom. The van der Waals surface area contributed by atoms with Crippen LogP contribution in [-0.2, 0) is 9.53 Å². The van der Waals surface area contributed by atoms with Gasteiger partial charge in [0.1, 0.15) is 29.6 Å². The Morgan fingerprint density at radius 2 is 1.89 bits per heavy atom. The van der Waals surface area contributed by atoms with Gasteiger partial charge in [-0.05, 0) is 18.6 Å². The van der Waals surface area contributed by atoms with Crippen molar-refractivity contribution >= 4 is 57.8 Å². The molecule has 152 valence electrons. The summed E-state index contributed by atoms with van der Waals surface area (Å²) in [6, 6.07) is 2.91. The molecule has 1 saturated heterocycles. The smallest absolute Gasteiger partial charge is 0.164 e. The van der Waals surface area contributed by atoms with Crippen molar-refractivity contribution in [2.75, 3.05) is 0 Å². The Kier molecular flexibility index (Phi) is 6.36. The Morgan fingerprint density at radius 1 is 1.25 bits per heavy atom. The first-order chi connectivity index (χ1) is 13.2. The number of hydrogen-bond acceptors (Lipinski definition) is 6. The van der Waals surface area contributed by atoms with E-state index in [-0.39, 0.29) is 27.2 Å². The number of halogens is 3. The fourth-order valence-electron chi connectivity index (χ4n) is 3.40. The number of aromatic nitrogens is 1. The number of Topliss-reactive ketones (excluding diaryl/α,β-unsaturated/α-hetero) is 1. The van der Waals surface area contributed by atoms with E-state index in [9.17, 15) is 24.9 Å². The molecule has 0 amide bonds. The molecule has 7 nitrogen and oxygen atoms in total. The average molecular weight is 451 g/mol. The molecule has 1 aliphatic heterocycles. The summed E-state index contributed by atoms with van der Waals surface area (Å²) in [7, 11) is 0. The van der Waals surface area contributed by atoms with Crippen LogP contribution in [0.25, 0.3) is 10.9 Å². The third-order valence-electron chi connectivity index (χ3n) is 4.81. The van der Waals surface area contributed by atoms with E-state index in [4.69, 9.17) is 39.5 Å². The second-order valence-electron chi connectivity index (χ2n) is 6.61. The predicted octanol–water partition coefficient (Wildman–Crippen LogP) is 2.76. The van der Waals surface area contributed by atoms with Crippen LogP contribution in [0.2, 0.25) is 15.2 Å². The average Bonchev–Trinajstić information content (AvgIpc) is 3.08. The number of ketones is 1. The zero-order chi connectivity index (χ0) is 20.7. The molecular weight excluding hydrogens is 433 g/mol. The minimum atomic E-state index is -1.61. The second-order valence-corrected chi connectivity index (χ2v) is 7.78. The van der Waals surface area contributed by atoms with Crippen molar-refractivity contribution in [2.45, 2.75) is 50.4 Å². The molecule has 28 heavy (non-hydrogen) atoms. The van der Waals surface area contributed by atoms with E-state index in [2.05, 4.69) is 0 Å². The van der Waals surface area contributed by atoms with Gasteiger partial charge >= 0.3 is 0 Å². The molecule has 2 aromatic rings. The number of carbonyl (C=O) groups is 2. The minimum Gasteiger partial charge on any atom is -0.387 e. The summed E-state index contributed by atoms with van der Waals surface area (Å²) in [6.45, 7) is 1.77. The monoisotopic (exact) mass is 449 g/mol. The lowest BCUT2D eigenvalue weighted by molar-refractivity contribution is -0.141. The molecular formula is C18H18Cl3NO6. The van der Waals surface area contributed by atoms with Crippen molar-refractivity contribution < 1.29 is 29.6 Å². The van der Waals surface area contributed by atoms with Crippen LogP contribution < -0.4 is 0 Å². The first kappa shape index (κ1) is 21.5. The SMILES string of the molecule is CCCC(=O)C(O)[C@H]1O[C@@H](n2c(Cl)c(C=O)c3cc(Cl)c(Cl)cc32)[C@H](O)[C@@H]1O. The van der Waals surface area contributed by atoms with Gasteiger partial charge in [-0.25, -0.2) is 0 Å². The van der Waals surface area contributed by atoms with Crippen LogP contribution in [0.1, 0.15) is 36.4 Å². The number of rotatable bonds is 6. The summed E-state index contributed by atoms with van der Waals surface area (Å²) in [6.07, 6.45) is -6.14. The lowest BCUT2D eigenvalue weighted by Crippen LogP contribution is -2.42. The van der Waals surface area contributed by atoms with Gasteiger partial charge in [0.2, 0.25) is 0 Å². The Bertz CT molecular complexity index is 930. The standard InChI is InChI=1S/C18H18Cl3NO6/c1-2-3-12(24)13(25)16-14(26)15(27)18(28-16)22-11-5-10(20)9(19)4-7(11)8(6-23)17(22)21/h4-6,13-16,18,25-27H,2-3H2,1H3/t13?,14-,15+,16+,18+/m0/s1. The Hall–Kier alpha value is -1.19. The fourth-order valence-corrected chi connectivity index (χ4v) is 4.05. The normalized spacial score (nSPS) is 26.0. The van der Waals surface area contributed by atoms with E-state index in [0.29, 0.717) is 23.6 Å². The Balaban J connectivity index is 2.07. The lowest BCUT2D eigenvalue weighted by Gasteiger charge is -2.20. The summed E-state index contributed by atoms with van der Waals surface area (Å²) in [4.78, 5) is 23.5. The molecule has 10 heteroatoms. The maximum absolute atomic E-state index is 12.0. The molecule has 1 aromatic heterocycles. The number of aldehydes is 1. The van der Waals surface area contributed by atoms with Crippen LogP contribution >= 0.6 is 34.8 Å². The van der Waals surface area contributed by atoms with Crippen LogP contribution in [0, 0.1) is 0 Å². The van der Waals surface area contributed by atoms with Crippen molar-refractivity contribution in [1.82, 2.24) is 4.57 Å². The van der Waals surface area contributed by atoms with Crippen molar-refractivity contribution in [2.24, 2.45) is 0 Å². The van der Waals surface area contributed by atoms with Gasteiger partial charge in [0, 0.05) is 11.8 Å². The molecule has 1 fully saturated rings. The number of aliphatic hydroxyl groups is 3. The summed E-state index contributed by atoms with van der Waals surface area (Å²) >= 11 is 18.4. The first-order valence-electron chi connectivity index (χ1n) is 8.58. The molecule has 0 aliphatic carbocycles. The third-order valence-corrected chi connectivity index (χ3v) is 5.91. The lowest BCUT2D eigenvalue weighted by atomic mass is 10.0. The van der Waals surface area contributed by atoms with Crippen LogP contribution in [0.15, 0.2) is 12.1 Å². The molecule has 2 heterocycles. The third kappa shape index (κ3) is 3.45. The number of aliphatic hydroxyl groups excluding tert-OH is 3. The van der Waals surface area contributed by atoms with E-state index < -0.39 is 36.4 Å². The molecule has 5 atom stereocenters. The molecule has 0 radical (unpaired) electrons. The van der Waals surface area contributed by atoms with Gasteiger partial charge in [0.05, 0.1) is 21.1 Å². The molecule has 1 aromatic carbocycles.